The van der Waals surface area contributed by atoms with Crippen LogP contribution in [0.3, 0.4) is 0 Å². The lowest BCUT2D eigenvalue weighted by molar-refractivity contribution is 0.00578. The molecule has 0 atom stereocenters. The van der Waals surface area contributed by atoms with Crippen molar-refractivity contribution in [3.8, 4) is 0 Å². The number of thiophene rings is 1. The monoisotopic (exact) mass is 274 g/mol. The largest absolute Gasteiger partial charge is 0.496 e. The van der Waals surface area contributed by atoms with Crippen LogP contribution in [0.25, 0.3) is 10.1 Å². The minimum Gasteiger partial charge on any atom is -0.399 e. The third kappa shape index (κ3) is 2.02. The van der Waals surface area contributed by atoms with Crippen molar-refractivity contribution >= 4 is 34.0 Å². The van der Waals surface area contributed by atoms with Crippen LogP contribution in [0.15, 0.2) is 23.6 Å². The summed E-state index contributed by atoms with van der Waals surface area (Å²) in [5.74, 6) is 0. The fourth-order valence-corrected chi connectivity index (χ4v) is 3.32. The summed E-state index contributed by atoms with van der Waals surface area (Å²) in [5, 5.41) is 3.40. The van der Waals surface area contributed by atoms with E-state index in [2.05, 4.69) is 58.2 Å². The second-order valence-electron chi connectivity index (χ2n) is 6.28. The molecule has 3 rings (SSSR count). The van der Waals surface area contributed by atoms with Crippen LogP contribution in [-0.2, 0) is 9.31 Å². The van der Waals surface area contributed by atoms with Gasteiger partial charge in [-0.3, -0.25) is 0 Å². The van der Waals surface area contributed by atoms with Crippen molar-refractivity contribution in [3.63, 3.8) is 0 Å². The maximum Gasteiger partial charge on any atom is 0.496 e. The maximum atomic E-state index is 6.17. The van der Waals surface area contributed by atoms with E-state index in [1.54, 1.807) is 11.3 Å². The van der Waals surface area contributed by atoms with Crippen LogP contribution < -0.4 is 5.46 Å². The van der Waals surface area contributed by atoms with Crippen LogP contribution in [0, 0.1) is 6.92 Å². The second kappa shape index (κ2) is 4.08. The zero-order valence-corrected chi connectivity index (χ0v) is 12.9. The molecular weight excluding hydrogens is 255 g/mol. The molecule has 2 nitrogen and oxygen atoms in total. The Morgan fingerprint density at radius 2 is 1.68 bits per heavy atom. The Hall–Kier alpha value is -0.835. The van der Waals surface area contributed by atoms with Gasteiger partial charge in [-0.25, -0.2) is 0 Å². The van der Waals surface area contributed by atoms with Crippen molar-refractivity contribution in [2.45, 2.75) is 45.8 Å². The highest BCUT2D eigenvalue weighted by Gasteiger charge is 2.52. The number of hydrogen-bond acceptors (Lipinski definition) is 3. The molecule has 19 heavy (non-hydrogen) atoms. The van der Waals surface area contributed by atoms with Gasteiger partial charge in [0, 0.05) is 10.2 Å². The van der Waals surface area contributed by atoms with Crippen LogP contribution in [0.2, 0.25) is 0 Å². The van der Waals surface area contributed by atoms with Gasteiger partial charge in [0.2, 0.25) is 0 Å². The van der Waals surface area contributed by atoms with Gasteiger partial charge in [-0.05, 0) is 51.5 Å². The van der Waals surface area contributed by atoms with Crippen LogP contribution >= 0.6 is 11.3 Å². The Labute approximate surface area is 118 Å². The fourth-order valence-electron chi connectivity index (χ4n) is 2.41. The molecule has 0 unspecified atom stereocenters. The van der Waals surface area contributed by atoms with Gasteiger partial charge in [-0.15, -0.1) is 11.3 Å². The maximum absolute atomic E-state index is 6.17. The van der Waals surface area contributed by atoms with E-state index in [4.69, 9.17) is 9.31 Å². The van der Waals surface area contributed by atoms with E-state index in [0.717, 1.165) is 5.46 Å². The van der Waals surface area contributed by atoms with Crippen molar-refractivity contribution in [1.29, 1.82) is 0 Å². The quantitative estimate of drug-likeness (QED) is 0.741. The van der Waals surface area contributed by atoms with Crippen LogP contribution in [-0.4, -0.2) is 18.3 Å². The van der Waals surface area contributed by atoms with Crippen molar-refractivity contribution in [2.24, 2.45) is 0 Å². The number of rotatable bonds is 1. The summed E-state index contributed by atoms with van der Waals surface area (Å²) < 4.78 is 13.6. The van der Waals surface area contributed by atoms with E-state index in [0.29, 0.717) is 0 Å². The second-order valence-corrected chi connectivity index (χ2v) is 7.20. The Bertz CT molecular complexity index is 614. The molecule has 2 heterocycles. The Kier molecular flexibility index (Phi) is 2.82. The number of hydrogen-bond donors (Lipinski definition) is 0. The Morgan fingerprint density at radius 1 is 1.05 bits per heavy atom. The summed E-state index contributed by atoms with van der Waals surface area (Å²) >= 11 is 1.75. The topological polar surface area (TPSA) is 18.5 Å². The van der Waals surface area contributed by atoms with Gasteiger partial charge in [-0.2, -0.15) is 0 Å². The van der Waals surface area contributed by atoms with Gasteiger partial charge >= 0.3 is 7.12 Å². The molecule has 1 fully saturated rings. The summed E-state index contributed by atoms with van der Waals surface area (Å²) in [6, 6.07) is 6.54. The summed E-state index contributed by atoms with van der Waals surface area (Å²) in [7, 11) is -0.272. The Morgan fingerprint density at radius 3 is 2.32 bits per heavy atom. The zero-order valence-electron chi connectivity index (χ0n) is 12.1. The number of benzene rings is 1. The van der Waals surface area contributed by atoms with Crippen molar-refractivity contribution < 1.29 is 9.31 Å². The molecule has 0 N–H and O–H groups in total. The van der Waals surface area contributed by atoms with Crippen LogP contribution in [0.5, 0.6) is 0 Å². The summed E-state index contributed by atoms with van der Waals surface area (Å²) in [4.78, 5) is 0. The molecule has 1 aromatic heterocycles. The third-order valence-corrected chi connectivity index (χ3v) is 5.21. The minimum atomic E-state index is -0.287. The van der Waals surface area contributed by atoms with Gasteiger partial charge in [0.15, 0.2) is 0 Å². The van der Waals surface area contributed by atoms with Gasteiger partial charge in [-0.1, -0.05) is 17.7 Å². The van der Waals surface area contributed by atoms with E-state index in [1.807, 2.05) is 0 Å². The smallest absolute Gasteiger partial charge is 0.399 e. The van der Waals surface area contributed by atoms with Crippen molar-refractivity contribution in [2.75, 3.05) is 0 Å². The lowest BCUT2D eigenvalue weighted by Crippen LogP contribution is -2.41. The molecule has 0 aliphatic carbocycles. The molecule has 2 aromatic rings. The molecule has 0 spiro atoms. The third-order valence-electron chi connectivity index (χ3n) is 4.23. The first-order chi connectivity index (χ1) is 8.80. The van der Waals surface area contributed by atoms with E-state index < -0.39 is 0 Å². The molecule has 100 valence electrons. The molecule has 0 radical (unpaired) electrons. The minimum absolute atomic E-state index is 0.272. The number of aryl methyl sites for hydroxylation is 1. The average molecular weight is 274 g/mol. The summed E-state index contributed by atoms with van der Waals surface area (Å²) in [6.07, 6.45) is 0. The molecule has 4 heteroatoms. The molecular formula is C15H19BO2S. The molecule has 0 saturated carbocycles. The normalized spacial score (nSPS) is 21.2. The first-order valence-electron chi connectivity index (χ1n) is 6.63. The van der Waals surface area contributed by atoms with Crippen molar-refractivity contribution in [1.82, 2.24) is 0 Å². The molecule has 0 bridgehead atoms. The summed E-state index contributed by atoms with van der Waals surface area (Å²) in [5.41, 5.74) is 1.83. The molecule has 1 aliphatic rings. The Balaban J connectivity index is 2.09. The predicted octanol–water partition coefficient (Wildman–Crippen LogP) is 3.51. The lowest BCUT2D eigenvalue weighted by atomic mass is 9.78. The molecule has 1 aromatic carbocycles. The zero-order chi connectivity index (χ0) is 13.8. The molecule has 0 amide bonds. The molecule has 1 aliphatic heterocycles. The van der Waals surface area contributed by atoms with Gasteiger partial charge in [0.1, 0.15) is 0 Å². The van der Waals surface area contributed by atoms with E-state index >= 15 is 0 Å². The SMILES string of the molecule is Cc1cc(B2OC(C)(C)C(C)(C)O2)c2sccc2c1. The van der Waals surface area contributed by atoms with Crippen LogP contribution in [0.4, 0.5) is 0 Å². The van der Waals surface area contributed by atoms with E-state index in [-0.39, 0.29) is 18.3 Å². The van der Waals surface area contributed by atoms with Gasteiger partial charge in [0.25, 0.3) is 0 Å². The highest BCUT2D eigenvalue weighted by Crippen LogP contribution is 2.37. The molecule has 1 saturated heterocycles. The first kappa shape index (κ1) is 13.2. The summed E-state index contributed by atoms with van der Waals surface area (Å²) in [6.45, 7) is 10.5. The fraction of sp³-hybridized carbons (Fsp3) is 0.467. The van der Waals surface area contributed by atoms with E-state index in [9.17, 15) is 0 Å². The highest BCUT2D eigenvalue weighted by atomic mass is 32.1. The lowest BCUT2D eigenvalue weighted by Gasteiger charge is -2.32. The van der Waals surface area contributed by atoms with Crippen LogP contribution in [0.1, 0.15) is 33.3 Å². The number of fused-ring (bicyclic) bond motifs is 1. The van der Waals surface area contributed by atoms with Crippen molar-refractivity contribution in [3.05, 3.63) is 29.1 Å². The predicted molar refractivity (Wildman–Crippen MR) is 82.3 cm³/mol. The van der Waals surface area contributed by atoms with E-state index in [1.165, 1.54) is 15.6 Å². The first-order valence-corrected chi connectivity index (χ1v) is 7.51. The average Bonchev–Trinajstić information content (AvgIpc) is 2.80. The van der Waals surface area contributed by atoms with Gasteiger partial charge < -0.3 is 9.31 Å². The highest BCUT2D eigenvalue weighted by molar-refractivity contribution is 7.18. The van der Waals surface area contributed by atoms with Gasteiger partial charge in [0.05, 0.1) is 11.2 Å². The standard InChI is InChI=1S/C15H19BO2S/c1-10-8-11-6-7-19-13(11)12(9-10)16-17-14(2,3)15(4,5)18-16/h6-9H,1-5H3.